The van der Waals surface area contributed by atoms with E-state index in [1.54, 1.807) is 23.6 Å². The molecule has 10 heteroatoms. The normalized spacial score (nSPS) is 10.5. The van der Waals surface area contributed by atoms with E-state index in [2.05, 4.69) is 15.3 Å². The van der Waals surface area contributed by atoms with Gasteiger partial charge in [-0.2, -0.15) is 0 Å². The summed E-state index contributed by atoms with van der Waals surface area (Å²) in [6, 6.07) is 9.23. The van der Waals surface area contributed by atoms with E-state index < -0.39 is 27.8 Å². The number of H-pyrrole nitrogens is 1. The highest BCUT2D eigenvalue weighted by Gasteiger charge is 2.19. The number of nitrogens with zero attached hydrogens (tertiary/aromatic N) is 2. The van der Waals surface area contributed by atoms with E-state index in [1.807, 2.05) is 0 Å². The molecule has 0 aliphatic rings. The first kappa shape index (κ1) is 17.3. The number of nitrogens with one attached hydrogen (secondary N) is 2. The van der Waals surface area contributed by atoms with Crippen molar-refractivity contribution in [1.82, 2.24) is 15.3 Å². The third-order valence-electron chi connectivity index (χ3n) is 3.44. The van der Waals surface area contributed by atoms with Gasteiger partial charge in [-0.05, 0) is 17.0 Å². The maximum absolute atomic E-state index is 12.3. The Kier molecular flexibility index (Phi) is 4.76. The number of aromatic hydroxyl groups is 1. The van der Waals surface area contributed by atoms with Gasteiger partial charge >= 0.3 is 0 Å². The number of nitro benzene ring substituents is 1. The predicted octanol–water partition coefficient (Wildman–Crippen LogP) is 2.04. The van der Waals surface area contributed by atoms with Crippen molar-refractivity contribution in [2.45, 2.75) is 6.54 Å². The summed E-state index contributed by atoms with van der Waals surface area (Å²) in [5.74, 6) is -1.39. The molecule has 0 bridgehead atoms. The molecule has 132 valence electrons. The largest absolute Gasteiger partial charge is 0.501 e. The molecule has 3 N–H and O–H groups in total. The molecule has 3 rings (SSSR count). The first-order chi connectivity index (χ1) is 12.5. The van der Waals surface area contributed by atoms with Crippen LogP contribution in [0.3, 0.4) is 0 Å². The molecule has 0 radical (unpaired) electrons. The molecule has 0 saturated carbocycles. The van der Waals surface area contributed by atoms with E-state index in [9.17, 15) is 24.8 Å². The van der Waals surface area contributed by atoms with Crippen molar-refractivity contribution >= 4 is 22.9 Å². The highest BCUT2D eigenvalue weighted by Crippen LogP contribution is 2.22. The topological polar surface area (TPSA) is 138 Å². The van der Waals surface area contributed by atoms with Crippen molar-refractivity contribution < 1.29 is 14.8 Å². The Morgan fingerprint density at radius 1 is 1.35 bits per heavy atom. The van der Waals surface area contributed by atoms with E-state index in [0.29, 0.717) is 10.4 Å². The van der Waals surface area contributed by atoms with Crippen LogP contribution in [0.1, 0.15) is 16.1 Å². The molecule has 2 heterocycles. The predicted molar refractivity (Wildman–Crippen MR) is 94.1 cm³/mol. The molecule has 1 aromatic carbocycles. The molecule has 9 nitrogen and oxygen atoms in total. The monoisotopic (exact) mass is 372 g/mol. The number of nitro groups is 1. The Bertz CT molecular complexity index is 1030. The summed E-state index contributed by atoms with van der Waals surface area (Å²) in [5, 5.41) is 24.9. The number of carbonyl (C=O) groups is 1. The van der Waals surface area contributed by atoms with Crippen LogP contribution in [0.4, 0.5) is 5.69 Å². The fourth-order valence-electron chi connectivity index (χ4n) is 2.20. The quantitative estimate of drug-likeness (QED) is 0.463. The molecular weight excluding hydrogens is 360 g/mol. The van der Waals surface area contributed by atoms with Gasteiger partial charge in [0.2, 0.25) is 5.75 Å². The summed E-state index contributed by atoms with van der Waals surface area (Å²) >= 11 is 1.32. The fraction of sp³-hybridized carbons (Fsp3) is 0.0625. The Balaban J connectivity index is 1.83. The summed E-state index contributed by atoms with van der Waals surface area (Å²) in [5.41, 5.74) is -0.851. The number of aromatic amines is 1. The second kappa shape index (κ2) is 7.15. The van der Waals surface area contributed by atoms with E-state index in [0.717, 1.165) is 0 Å². The summed E-state index contributed by atoms with van der Waals surface area (Å²) in [4.78, 5) is 41.5. The summed E-state index contributed by atoms with van der Waals surface area (Å²) in [6.45, 7) is -0.0250. The summed E-state index contributed by atoms with van der Waals surface area (Å²) in [6.07, 6.45) is 0. The van der Waals surface area contributed by atoms with Gasteiger partial charge in [0.1, 0.15) is 0 Å². The van der Waals surface area contributed by atoms with Gasteiger partial charge in [-0.15, -0.1) is 11.3 Å². The van der Waals surface area contributed by atoms with Crippen LogP contribution in [0, 0.1) is 10.1 Å². The van der Waals surface area contributed by atoms with Gasteiger partial charge in [-0.25, -0.2) is 4.98 Å². The maximum Gasteiger partial charge on any atom is 0.294 e. The molecule has 3 aromatic rings. The average molecular weight is 372 g/mol. The van der Waals surface area contributed by atoms with Crippen LogP contribution in [0.25, 0.3) is 10.7 Å². The van der Waals surface area contributed by atoms with E-state index >= 15 is 0 Å². The van der Waals surface area contributed by atoms with Crippen molar-refractivity contribution in [1.29, 1.82) is 0 Å². The lowest BCUT2D eigenvalue weighted by Crippen LogP contribution is -2.26. The lowest BCUT2D eigenvalue weighted by molar-refractivity contribution is -0.384. The minimum Gasteiger partial charge on any atom is -0.501 e. The van der Waals surface area contributed by atoms with Crippen LogP contribution in [0.15, 0.2) is 46.6 Å². The van der Waals surface area contributed by atoms with Crippen LogP contribution in [0.5, 0.6) is 5.75 Å². The zero-order chi connectivity index (χ0) is 18.7. The van der Waals surface area contributed by atoms with Crippen LogP contribution in [-0.2, 0) is 6.54 Å². The third-order valence-corrected chi connectivity index (χ3v) is 4.32. The summed E-state index contributed by atoms with van der Waals surface area (Å²) in [7, 11) is 0. The lowest BCUT2D eigenvalue weighted by atomic mass is 10.2. The second-order valence-electron chi connectivity index (χ2n) is 5.20. The minimum atomic E-state index is -0.830. The molecule has 0 aliphatic carbocycles. The highest BCUT2D eigenvalue weighted by molar-refractivity contribution is 7.13. The third kappa shape index (κ3) is 3.59. The van der Waals surface area contributed by atoms with Crippen molar-refractivity contribution in [2.24, 2.45) is 0 Å². The zero-order valence-electron chi connectivity index (χ0n) is 13.1. The molecule has 0 saturated heterocycles. The number of carbonyl (C=O) groups excluding carboxylic acids is 1. The first-order valence-electron chi connectivity index (χ1n) is 7.34. The standard InChI is InChI=1S/C16H12N4O5S/c21-13-12(18-14(19-16(13)23)11-5-2-6-26-11)15(22)17-8-9-3-1-4-10(7-9)20(24)25/h1-7,21H,8H2,(H,17,22)(H,18,19,23). The van der Waals surface area contributed by atoms with Crippen molar-refractivity contribution in [3.05, 3.63) is 73.5 Å². The molecule has 0 aliphatic heterocycles. The number of rotatable bonds is 5. The van der Waals surface area contributed by atoms with Gasteiger partial charge in [0.15, 0.2) is 11.5 Å². The van der Waals surface area contributed by atoms with Crippen molar-refractivity contribution in [2.75, 3.05) is 0 Å². The highest BCUT2D eigenvalue weighted by atomic mass is 32.1. The number of hydrogen-bond acceptors (Lipinski definition) is 7. The van der Waals surface area contributed by atoms with Crippen molar-refractivity contribution in [3.8, 4) is 16.5 Å². The number of aromatic nitrogens is 2. The number of non-ortho nitro benzene ring substituents is 1. The Morgan fingerprint density at radius 3 is 2.85 bits per heavy atom. The van der Waals surface area contributed by atoms with E-state index in [-0.39, 0.29) is 18.1 Å². The number of amides is 1. The molecule has 26 heavy (non-hydrogen) atoms. The Labute approximate surface area is 150 Å². The SMILES string of the molecule is O=C(NCc1cccc([N+](=O)[O-])c1)c1nc(-c2cccs2)[nH]c(=O)c1O. The van der Waals surface area contributed by atoms with Crippen LogP contribution in [-0.4, -0.2) is 25.9 Å². The number of hydrogen-bond donors (Lipinski definition) is 3. The first-order valence-corrected chi connectivity index (χ1v) is 8.22. The maximum atomic E-state index is 12.3. The van der Waals surface area contributed by atoms with Crippen molar-refractivity contribution in [3.63, 3.8) is 0 Å². The van der Waals surface area contributed by atoms with Crippen LogP contribution in [0.2, 0.25) is 0 Å². The van der Waals surface area contributed by atoms with Gasteiger partial charge in [-0.1, -0.05) is 18.2 Å². The molecule has 2 aromatic heterocycles. The van der Waals surface area contributed by atoms with Gasteiger partial charge < -0.3 is 15.4 Å². The molecule has 0 fully saturated rings. The molecule has 0 unspecified atom stereocenters. The molecule has 0 atom stereocenters. The van der Waals surface area contributed by atoms with Crippen LogP contribution < -0.4 is 10.9 Å². The Hall–Kier alpha value is -3.53. The van der Waals surface area contributed by atoms with Gasteiger partial charge in [0.05, 0.1) is 9.80 Å². The average Bonchev–Trinajstić information content (AvgIpc) is 3.16. The van der Waals surface area contributed by atoms with Crippen LogP contribution >= 0.6 is 11.3 Å². The van der Waals surface area contributed by atoms with Gasteiger partial charge in [0, 0.05) is 18.7 Å². The zero-order valence-corrected chi connectivity index (χ0v) is 13.9. The van der Waals surface area contributed by atoms with E-state index in [4.69, 9.17) is 0 Å². The molecular formula is C16H12N4O5S. The second-order valence-corrected chi connectivity index (χ2v) is 6.15. The van der Waals surface area contributed by atoms with Gasteiger partial charge in [-0.3, -0.25) is 19.7 Å². The van der Waals surface area contributed by atoms with E-state index in [1.165, 1.54) is 29.5 Å². The fourth-order valence-corrected chi connectivity index (χ4v) is 2.87. The number of thiophene rings is 1. The minimum absolute atomic E-state index is 0.0250. The number of benzene rings is 1. The van der Waals surface area contributed by atoms with Gasteiger partial charge in [0.25, 0.3) is 17.2 Å². The summed E-state index contributed by atoms with van der Waals surface area (Å²) < 4.78 is 0. The Morgan fingerprint density at radius 2 is 2.15 bits per heavy atom. The lowest BCUT2D eigenvalue weighted by Gasteiger charge is -2.07. The smallest absolute Gasteiger partial charge is 0.294 e. The molecule has 0 spiro atoms. The molecule has 1 amide bonds.